The van der Waals surface area contributed by atoms with Gasteiger partial charge in [0.2, 0.25) is 5.95 Å². The van der Waals surface area contributed by atoms with Gasteiger partial charge in [0.1, 0.15) is 0 Å². The van der Waals surface area contributed by atoms with E-state index in [9.17, 15) is 4.79 Å². The lowest BCUT2D eigenvalue weighted by Gasteiger charge is -2.12. The number of benzene rings is 1. The number of nitrogens with zero attached hydrogens (tertiary/aromatic N) is 2. The van der Waals surface area contributed by atoms with Crippen molar-refractivity contribution in [1.82, 2.24) is 9.97 Å². The Balaban J connectivity index is 1.51. The molecule has 0 atom stereocenters. The number of nitrogens with one attached hydrogen (secondary N) is 2. The zero-order valence-electron chi connectivity index (χ0n) is 14.6. The van der Waals surface area contributed by atoms with Crippen LogP contribution in [0, 0.1) is 6.92 Å². The van der Waals surface area contributed by atoms with E-state index < -0.39 is 0 Å². The first-order valence-electron chi connectivity index (χ1n) is 8.82. The van der Waals surface area contributed by atoms with Crippen LogP contribution in [0.3, 0.4) is 0 Å². The number of carbonyl (C=O) groups excluding carboxylic acids is 1. The lowest BCUT2D eigenvalue weighted by atomic mass is 9.97. The van der Waals surface area contributed by atoms with Gasteiger partial charge in [0.05, 0.1) is 5.56 Å². The molecular weight excluding hydrogens is 312 g/mol. The number of carbonyl (C=O) groups is 1. The summed E-state index contributed by atoms with van der Waals surface area (Å²) >= 11 is 0. The third kappa shape index (κ3) is 5.14. The normalized spacial score (nSPS) is 13.9. The van der Waals surface area contributed by atoms with Crippen LogP contribution in [-0.4, -0.2) is 22.4 Å². The summed E-state index contributed by atoms with van der Waals surface area (Å²) in [4.78, 5) is 20.7. The second-order valence-electron chi connectivity index (χ2n) is 6.40. The summed E-state index contributed by atoms with van der Waals surface area (Å²) in [7, 11) is 0. The van der Waals surface area contributed by atoms with Crippen LogP contribution in [0.15, 0.2) is 48.3 Å². The van der Waals surface area contributed by atoms with E-state index in [0.29, 0.717) is 11.5 Å². The Labute approximate surface area is 148 Å². The van der Waals surface area contributed by atoms with Gasteiger partial charge in [-0.1, -0.05) is 23.8 Å². The van der Waals surface area contributed by atoms with E-state index in [-0.39, 0.29) is 5.91 Å². The molecule has 1 aromatic heterocycles. The van der Waals surface area contributed by atoms with Gasteiger partial charge in [-0.3, -0.25) is 4.79 Å². The van der Waals surface area contributed by atoms with Crippen LogP contribution in [-0.2, 0) is 0 Å². The molecule has 0 aliphatic heterocycles. The minimum Gasteiger partial charge on any atom is -0.354 e. The SMILES string of the molecule is Cc1cccc(NC(=O)c2cnc(NCCC3=CCCCC3)nc2)c1. The molecule has 1 aliphatic rings. The topological polar surface area (TPSA) is 66.9 Å². The maximum atomic E-state index is 12.2. The fraction of sp³-hybridized carbons (Fsp3) is 0.350. The second kappa shape index (κ2) is 8.42. The van der Waals surface area contributed by atoms with Gasteiger partial charge in [-0.05, 0) is 56.7 Å². The third-order valence-electron chi connectivity index (χ3n) is 4.30. The molecule has 5 nitrogen and oxygen atoms in total. The lowest BCUT2D eigenvalue weighted by Crippen LogP contribution is -2.14. The fourth-order valence-corrected chi connectivity index (χ4v) is 2.93. The first-order chi connectivity index (χ1) is 12.2. The van der Waals surface area contributed by atoms with Gasteiger partial charge in [0, 0.05) is 24.6 Å². The molecule has 130 valence electrons. The molecule has 0 saturated carbocycles. The van der Waals surface area contributed by atoms with Crippen LogP contribution in [0.5, 0.6) is 0 Å². The number of rotatable bonds is 6. The summed E-state index contributed by atoms with van der Waals surface area (Å²) in [6, 6.07) is 7.69. The molecule has 5 heteroatoms. The van der Waals surface area contributed by atoms with E-state index in [1.54, 1.807) is 12.4 Å². The minimum absolute atomic E-state index is 0.204. The van der Waals surface area contributed by atoms with Crippen molar-refractivity contribution in [1.29, 1.82) is 0 Å². The van der Waals surface area contributed by atoms with Crippen molar-refractivity contribution in [3.05, 3.63) is 59.4 Å². The van der Waals surface area contributed by atoms with E-state index in [1.165, 1.54) is 31.3 Å². The Morgan fingerprint density at radius 2 is 2.04 bits per heavy atom. The highest BCUT2D eigenvalue weighted by molar-refractivity contribution is 6.03. The number of allylic oxidation sites excluding steroid dienone is 1. The van der Waals surface area contributed by atoms with Gasteiger partial charge in [-0.2, -0.15) is 0 Å². The molecule has 3 rings (SSSR count). The molecule has 0 unspecified atom stereocenters. The summed E-state index contributed by atoms with van der Waals surface area (Å²) < 4.78 is 0. The molecule has 1 aliphatic carbocycles. The van der Waals surface area contributed by atoms with Crippen molar-refractivity contribution in [2.75, 3.05) is 17.2 Å². The van der Waals surface area contributed by atoms with E-state index in [4.69, 9.17) is 0 Å². The largest absolute Gasteiger partial charge is 0.354 e. The molecule has 0 saturated heterocycles. The van der Waals surface area contributed by atoms with E-state index in [1.807, 2.05) is 31.2 Å². The van der Waals surface area contributed by atoms with E-state index >= 15 is 0 Å². The molecule has 1 amide bonds. The Kier molecular flexibility index (Phi) is 5.77. The number of amides is 1. The number of anilines is 2. The van der Waals surface area contributed by atoms with Crippen LogP contribution in [0.2, 0.25) is 0 Å². The van der Waals surface area contributed by atoms with Crippen molar-refractivity contribution in [3.8, 4) is 0 Å². The summed E-state index contributed by atoms with van der Waals surface area (Å²) in [6.07, 6.45) is 11.5. The molecule has 0 radical (unpaired) electrons. The van der Waals surface area contributed by atoms with Gasteiger partial charge in [0.15, 0.2) is 0 Å². The van der Waals surface area contributed by atoms with Crippen molar-refractivity contribution in [2.45, 2.75) is 39.0 Å². The van der Waals surface area contributed by atoms with Crippen LogP contribution < -0.4 is 10.6 Å². The summed E-state index contributed by atoms with van der Waals surface area (Å²) in [6.45, 7) is 2.81. The molecule has 0 fully saturated rings. The maximum absolute atomic E-state index is 12.2. The summed E-state index contributed by atoms with van der Waals surface area (Å²) in [5.74, 6) is 0.355. The highest BCUT2D eigenvalue weighted by Gasteiger charge is 2.08. The highest BCUT2D eigenvalue weighted by Crippen LogP contribution is 2.19. The zero-order valence-corrected chi connectivity index (χ0v) is 14.6. The maximum Gasteiger partial charge on any atom is 0.258 e. The molecule has 2 aromatic rings. The second-order valence-corrected chi connectivity index (χ2v) is 6.40. The standard InChI is InChI=1S/C20H24N4O/c1-15-6-5-9-18(12-15)24-19(25)17-13-22-20(23-14-17)21-11-10-16-7-3-2-4-8-16/h5-7,9,12-14H,2-4,8,10-11H2,1H3,(H,24,25)(H,21,22,23). The monoisotopic (exact) mass is 336 g/mol. The van der Waals surface area contributed by atoms with Crippen molar-refractivity contribution >= 4 is 17.5 Å². The van der Waals surface area contributed by atoms with Gasteiger partial charge >= 0.3 is 0 Å². The van der Waals surface area contributed by atoms with Crippen molar-refractivity contribution in [3.63, 3.8) is 0 Å². The molecule has 1 heterocycles. The molecule has 0 spiro atoms. The van der Waals surface area contributed by atoms with Crippen molar-refractivity contribution < 1.29 is 4.79 Å². The van der Waals surface area contributed by atoms with Crippen LogP contribution in [0.4, 0.5) is 11.6 Å². The smallest absolute Gasteiger partial charge is 0.258 e. The minimum atomic E-state index is -0.204. The highest BCUT2D eigenvalue weighted by atomic mass is 16.1. The summed E-state index contributed by atoms with van der Waals surface area (Å²) in [5, 5.41) is 6.08. The number of hydrogen-bond donors (Lipinski definition) is 2. The van der Waals surface area contributed by atoms with Crippen LogP contribution in [0.25, 0.3) is 0 Å². The number of aromatic nitrogens is 2. The molecular formula is C20H24N4O. The Morgan fingerprint density at radius 3 is 2.76 bits per heavy atom. The molecule has 2 N–H and O–H groups in total. The summed E-state index contributed by atoms with van der Waals surface area (Å²) in [5.41, 5.74) is 3.84. The van der Waals surface area contributed by atoms with Gasteiger partial charge in [-0.15, -0.1) is 0 Å². The molecule has 25 heavy (non-hydrogen) atoms. The zero-order chi connectivity index (χ0) is 17.5. The third-order valence-corrected chi connectivity index (χ3v) is 4.30. The Bertz CT molecular complexity index is 753. The van der Waals surface area contributed by atoms with E-state index in [0.717, 1.165) is 24.2 Å². The number of aryl methyl sites for hydroxylation is 1. The predicted octanol–water partition coefficient (Wildman–Crippen LogP) is 4.34. The first-order valence-corrected chi connectivity index (χ1v) is 8.82. The average molecular weight is 336 g/mol. The van der Waals surface area contributed by atoms with Gasteiger partial charge < -0.3 is 10.6 Å². The lowest BCUT2D eigenvalue weighted by molar-refractivity contribution is 0.102. The van der Waals surface area contributed by atoms with Crippen molar-refractivity contribution in [2.24, 2.45) is 0 Å². The Hall–Kier alpha value is -2.69. The number of hydrogen-bond acceptors (Lipinski definition) is 4. The predicted molar refractivity (Wildman–Crippen MR) is 101 cm³/mol. The Morgan fingerprint density at radius 1 is 1.20 bits per heavy atom. The average Bonchev–Trinajstić information content (AvgIpc) is 2.63. The quantitative estimate of drug-likeness (QED) is 0.770. The van der Waals surface area contributed by atoms with Crippen LogP contribution in [0.1, 0.15) is 48.0 Å². The van der Waals surface area contributed by atoms with E-state index in [2.05, 4.69) is 26.7 Å². The first kappa shape index (κ1) is 17.1. The van der Waals surface area contributed by atoms with Gasteiger partial charge in [-0.25, -0.2) is 9.97 Å². The molecule has 0 bridgehead atoms. The fourth-order valence-electron chi connectivity index (χ4n) is 2.93. The van der Waals surface area contributed by atoms with Crippen LogP contribution >= 0.6 is 0 Å². The molecule has 1 aromatic carbocycles. The van der Waals surface area contributed by atoms with Gasteiger partial charge in [0.25, 0.3) is 5.91 Å².